The van der Waals surface area contributed by atoms with E-state index in [1.807, 2.05) is 0 Å². The third-order valence-electron chi connectivity index (χ3n) is 4.57. The van der Waals surface area contributed by atoms with Gasteiger partial charge in [0.2, 0.25) is 10.0 Å². The van der Waals surface area contributed by atoms with Crippen LogP contribution in [0.15, 0.2) is 77.7 Å². The predicted molar refractivity (Wildman–Crippen MR) is 127 cm³/mol. The first kappa shape index (κ1) is 23.7. The van der Waals surface area contributed by atoms with Crippen molar-refractivity contribution in [2.24, 2.45) is 10.9 Å². The molecule has 0 aliphatic rings. The van der Waals surface area contributed by atoms with Gasteiger partial charge in [-0.3, -0.25) is 10.8 Å². The molecule has 0 radical (unpaired) electrons. The highest BCUT2D eigenvalue weighted by Gasteiger charge is 2.23. The minimum absolute atomic E-state index is 0.0178. The minimum atomic E-state index is -4.19. The molecule has 172 valence electrons. The second-order valence-corrected chi connectivity index (χ2v) is 8.47. The summed E-state index contributed by atoms with van der Waals surface area (Å²) in [6, 6.07) is 19.4. The summed E-state index contributed by atoms with van der Waals surface area (Å²) in [6.07, 6.45) is 0. The maximum atomic E-state index is 13.0. The van der Waals surface area contributed by atoms with E-state index in [4.69, 9.17) is 21.0 Å². The van der Waals surface area contributed by atoms with E-state index >= 15 is 0 Å². The van der Waals surface area contributed by atoms with Gasteiger partial charge in [0, 0.05) is 18.2 Å². The normalized spacial score (nSPS) is 11.0. The highest BCUT2D eigenvalue weighted by atomic mass is 32.2. The Morgan fingerprint density at radius 3 is 2.39 bits per heavy atom. The van der Waals surface area contributed by atoms with Gasteiger partial charge >= 0.3 is 6.03 Å². The van der Waals surface area contributed by atoms with Crippen molar-refractivity contribution in [1.82, 2.24) is 5.01 Å². The van der Waals surface area contributed by atoms with Crippen molar-refractivity contribution in [3.05, 3.63) is 78.4 Å². The minimum Gasteiger partial charge on any atom is -0.384 e. The molecule has 0 saturated heterocycles. The second kappa shape index (κ2) is 10.1. The summed E-state index contributed by atoms with van der Waals surface area (Å²) < 4.78 is 30.0. The van der Waals surface area contributed by atoms with Crippen LogP contribution in [0.1, 0.15) is 5.56 Å². The van der Waals surface area contributed by atoms with Crippen molar-refractivity contribution in [2.75, 3.05) is 24.6 Å². The molecular weight excluding hydrogens is 444 g/mol. The lowest BCUT2D eigenvalue weighted by Gasteiger charge is -2.25. The van der Waals surface area contributed by atoms with E-state index in [1.54, 1.807) is 66.7 Å². The number of sulfonamides is 1. The van der Waals surface area contributed by atoms with Crippen LogP contribution in [0.25, 0.3) is 11.1 Å². The van der Waals surface area contributed by atoms with Gasteiger partial charge in [-0.25, -0.2) is 23.4 Å². The topological polar surface area (TPSA) is 164 Å². The van der Waals surface area contributed by atoms with Gasteiger partial charge in [-0.2, -0.15) is 0 Å². The number of nitrogens with two attached hydrogens (primary N) is 2. The molecule has 3 rings (SSSR count). The van der Waals surface area contributed by atoms with Crippen LogP contribution < -0.4 is 21.6 Å². The molecule has 0 unspecified atom stereocenters. The molecule has 0 heterocycles. The molecule has 3 aromatic carbocycles. The molecule has 0 bridgehead atoms. The predicted octanol–water partition coefficient (Wildman–Crippen LogP) is 2.75. The van der Waals surface area contributed by atoms with Gasteiger partial charge < -0.3 is 15.8 Å². The summed E-state index contributed by atoms with van der Waals surface area (Å²) in [6.45, 7) is -0.167. The van der Waals surface area contributed by atoms with Gasteiger partial charge in [-0.15, -0.1) is 0 Å². The quantitative estimate of drug-likeness (QED) is 0.148. The van der Waals surface area contributed by atoms with Crippen LogP contribution in [0.5, 0.6) is 0 Å². The third kappa shape index (κ3) is 5.86. The summed E-state index contributed by atoms with van der Waals surface area (Å²) in [4.78, 5) is 12.8. The number of hydrogen-bond donors (Lipinski definition) is 5. The van der Waals surface area contributed by atoms with Crippen LogP contribution in [0, 0.1) is 5.41 Å². The number of anilines is 2. The number of benzene rings is 3. The Morgan fingerprint density at radius 2 is 1.76 bits per heavy atom. The molecule has 0 aliphatic carbocycles. The number of hydrogen-bond acceptors (Lipinski definition) is 6. The number of rotatable bonds is 8. The Hall–Kier alpha value is -3.93. The van der Waals surface area contributed by atoms with Crippen molar-refractivity contribution in [1.29, 1.82) is 5.41 Å². The fraction of sp³-hybridized carbons (Fsp3) is 0.0909. The van der Waals surface area contributed by atoms with Gasteiger partial charge in [-0.1, -0.05) is 54.6 Å². The van der Waals surface area contributed by atoms with Crippen molar-refractivity contribution in [3.63, 3.8) is 0 Å². The molecule has 0 atom stereocenters. The molecule has 11 heteroatoms. The first-order valence-electron chi connectivity index (χ1n) is 9.70. The number of methoxy groups -OCH3 is 1. The Labute approximate surface area is 191 Å². The van der Waals surface area contributed by atoms with Crippen LogP contribution in [0.4, 0.5) is 16.2 Å². The van der Waals surface area contributed by atoms with Crippen LogP contribution in [-0.4, -0.2) is 39.1 Å². The SMILES string of the molecule is COCN(Nc1cccc(C(=N)N)c1)C(=O)Nc1cccc(-c2ccccc2)c1S(N)(=O)=O. The Balaban J connectivity index is 1.94. The summed E-state index contributed by atoms with van der Waals surface area (Å²) in [5.41, 5.74) is 10.3. The van der Waals surface area contributed by atoms with E-state index < -0.39 is 16.1 Å². The Morgan fingerprint density at radius 1 is 1.06 bits per heavy atom. The number of hydrazine groups is 1. The summed E-state index contributed by atoms with van der Waals surface area (Å²) >= 11 is 0. The third-order valence-corrected chi connectivity index (χ3v) is 5.58. The fourth-order valence-electron chi connectivity index (χ4n) is 3.15. The smallest absolute Gasteiger partial charge is 0.342 e. The monoisotopic (exact) mass is 468 g/mol. The largest absolute Gasteiger partial charge is 0.384 e. The van der Waals surface area contributed by atoms with E-state index in [9.17, 15) is 13.2 Å². The molecule has 3 aromatic rings. The van der Waals surface area contributed by atoms with Crippen molar-refractivity contribution in [2.45, 2.75) is 4.90 Å². The highest BCUT2D eigenvalue weighted by molar-refractivity contribution is 7.89. The molecule has 7 N–H and O–H groups in total. The van der Waals surface area contributed by atoms with E-state index in [1.165, 1.54) is 13.2 Å². The second-order valence-electron chi connectivity index (χ2n) is 6.98. The van der Waals surface area contributed by atoms with E-state index in [0.29, 0.717) is 22.4 Å². The first-order valence-corrected chi connectivity index (χ1v) is 11.2. The molecular formula is C22H24N6O4S. The van der Waals surface area contributed by atoms with Gasteiger partial charge in [-0.05, 0) is 23.8 Å². The van der Waals surface area contributed by atoms with Crippen LogP contribution >= 0.6 is 0 Å². The van der Waals surface area contributed by atoms with E-state index in [0.717, 1.165) is 5.01 Å². The zero-order valence-electron chi connectivity index (χ0n) is 17.8. The molecule has 10 nitrogen and oxygen atoms in total. The highest BCUT2D eigenvalue weighted by Crippen LogP contribution is 2.32. The standard InChI is InChI=1S/C22H24N6O4S/c1-32-14-28(27-17-10-5-9-16(13-17)21(23)24)22(29)26-19-12-6-11-18(20(19)33(25,30)31)15-7-3-2-4-8-15/h2-13,27H,14H2,1H3,(H3,23,24)(H,26,29)(H2,25,30,31). The van der Waals surface area contributed by atoms with E-state index in [-0.39, 0.29) is 23.1 Å². The zero-order valence-corrected chi connectivity index (χ0v) is 18.6. The molecule has 0 spiro atoms. The fourth-order valence-corrected chi connectivity index (χ4v) is 4.07. The number of primary sulfonamides is 1. The lowest BCUT2D eigenvalue weighted by atomic mass is 10.1. The van der Waals surface area contributed by atoms with Gasteiger partial charge in [0.25, 0.3) is 0 Å². The molecule has 0 aliphatic heterocycles. The first-order chi connectivity index (χ1) is 15.7. The summed E-state index contributed by atoms with van der Waals surface area (Å²) in [5.74, 6) is -0.128. The van der Waals surface area contributed by atoms with Gasteiger partial charge in [0.05, 0.1) is 11.4 Å². The average Bonchev–Trinajstić information content (AvgIpc) is 2.78. The van der Waals surface area contributed by atoms with E-state index in [2.05, 4.69) is 10.7 Å². The molecule has 33 heavy (non-hydrogen) atoms. The number of nitrogen functional groups attached to an aromatic ring is 1. The number of amidine groups is 1. The van der Waals surface area contributed by atoms with Crippen molar-refractivity contribution in [3.8, 4) is 11.1 Å². The zero-order chi connectivity index (χ0) is 24.0. The number of ether oxygens (including phenoxy) is 1. The van der Waals surface area contributed by atoms with Crippen LogP contribution in [-0.2, 0) is 14.8 Å². The molecule has 2 amide bonds. The van der Waals surface area contributed by atoms with Crippen LogP contribution in [0.2, 0.25) is 0 Å². The van der Waals surface area contributed by atoms with Crippen LogP contribution in [0.3, 0.4) is 0 Å². The number of nitrogens with one attached hydrogen (secondary N) is 3. The number of nitrogens with zero attached hydrogens (tertiary/aromatic N) is 1. The lowest BCUT2D eigenvalue weighted by molar-refractivity contribution is 0.102. The molecule has 0 saturated carbocycles. The number of carbonyl (C=O) groups is 1. The summed E-state index contributed by atoms with van der Waals surface area (Å²) in [7, 11) is -2.79. The van der Waals surface area contributed by atoms with Crippen molar-refractivity contribution >= 4 is 33.3 Å². The summed E-state index contributed by atoms with van der Waals surface area (Å²) in [5, 5.41) is 16.8. The lowest BCUT2D eigenvalue weighted by Crippen LogP contribution is -2.41. The Bertz CT molecular complexity index is 1260. The number of carbonyl (C=O) groups excluding carboxylic acids is 1. The molecule has 0 aromatic heterocycles. The molecule has 0 fully saturated rings. The number of amides is 2. The van der Waals surface area contributed by atoms with Gasteiger partial charge in [0.1, 0.15) is 17.5 Å². The average molecular weight is 469 g/mol. The maximum absolute atomic E-state index is 13.0. The number of urea groups is 1. The maximum Gasteiger partial charge on any atom is 0.342 e. The Kier molecular flexibility index (Phi) is 7.28. The van der Waals surface area contributed by atoms with Crippen molar-refractivity contribution < 1.29 is 17.9 Å². The van der Waals surface area contributed by atoms with Gasteiger partial charge in [0.15, 0.2) is 0 Å².